The van der Waals surface area contributed by atoms with Gasteiger partial charge in [-0.05, 0) is 32.0 Å². The summed E-state index contributed by atoms with van der Waals surface area (Å²) >= 11 is 0. The van der Waals surface area contributed by atoms with E-state index in [1.807, 2.05) is 19.9 Å². The van der Waals surface area contributed by atoms with E-state index in [4.69, 9.17) is 5.11 Å². The average molecular weight is 219 g/mol. The summed E-state index contributed by atoms with van der Waals surface area (Å²) < 4.78 is 0. The number of rotatable bonds is 1. The topological polar surface area (TPSA) is 78.9 Å². The van der Waals surface area contributed by atoms with Crippen molar-refractivity contribution in [1.82, 2.24) is 15.2 Å². The minimum atomic E-state index is -0.942. The lowest BCUT2D eigenvalue weighted by Gasteiger charge is -1.87. The second-order valence-corrected chi connectivity index (χ2v) is 3.24. The molecule has 0 amide bonds. The largest absolute Gasteiger partial charge is 0.478 e. The number of aromatic amines is 1. The van der Waals surface area contributed by atoms with Crippen LogP contribution >= 0.6 is 0 Å². The van der Waals surface area contributed by atoms with Gasteiger partial charge in [0.2, 0.25) is 0 Å². The molecule has 0 aliphatic rings. The molecule has 2 N–H and O–H groups in total. The minimum absolute atomic E-state index is 0.220. The van der Waals surface area contributed by atoms with Crippen molar-refractivity contribution >= 4 is 5.97 Å². The first-order valence-electron chi connectivity index (χ1n) is 4.71. The van der Waals surface area contributed by atoms with E-state index in [1.54, 1.807) is 6.07 Å². The van der Waals surface area contributed by atoms with Crippen LogP contribution in [-0.2, 0) is 0 Å². The summed E-state index contributed by atoms with van der Waals surface area (Å²) in [6.45, 7) is 3.95. The van der Waals surface area contributed by atoms with Crippen molar-refractivity contribution in [2.45, 2.75) is 13.8 Å². The van der Waals surface area contributed by atoms with Crippen molar-refractivity contribution in [2.75, 3.05) is 0 Å². The first-order valence-corrected chi connectivity index (χ1v) is 4.71. The van der Waals surface area contributed by atoms with Gasteiger partial charge in [-0.1, -0.05) is 0 Å². The lowest BCUT2D eigenvalue weighted by molar-refractivity contribution is 0.0696. The van der Waals surface area contributed by atoms with Crippen molar-refractivity contribution in [1.29, 1.82) is 0 Å². The minimum Gasteiger partial charge on any atom is -0.478 e. The molecule has 16 heavy (non-hydrogen) atoms. The van der Waals surface area contributed by atoms with E-state index in [0.717, 1.165) is 11.4 Å². The Morgan fingerprint density at radius 2 is 2.19 bits per heavy atom. The highest BCUT2D eigenvalue weighted by Gasteiger charge is 1.97. The number of carboxylic acids is 1. The normalized spacial score (nSPS) is 9.12. The van der Waals surface area contributed by atoms with Crippen LogP contribution in [0.25, 0.3) is 0 Å². The number of hydrogen-bond donors (Lipinski definition) is 2. The molecule has 84 valence electrons. The predicted molar refractivity (Wildman–Crippen MR) is 59.3 cm³/mol. The quantitative estimate of drug-likeness (QED) is 0.766. The highest BCUT2D eigenvalue weighted by atomic mass is 16.4. The highest BCUT2D eigenvalue weighted by molar-refractivity contribution is 5.86. The number of nitrogens with one attached hydrogen (secondary N) is 1. The van der Waals surface area contributed by atoms with Crippen LogP contribution in [-0.4, -0.2) is 26.3 Å². The zero-order chi connectivity index (χ0) is 12.0. The molecule has 2 rings (SSSR count). The molecule has 0 saturated heterocycles. The monoisotopic (exact) mass is 219 g/mol. The summed E-state index contributed by atoms with van der Waals surface area (Å²) in [4.78, 5) is 13.8. The van der Waals surface area contributed by atoms with Crippen LogP contribution in [0.2, 0.25) is 0 Å². The molecule has 0 fully saturated rings. The predicted octanol–water partition coefficient (Wildman–Crippen LogP) is 1.81. The van der Waals surface area contributed by atoms with E-state index in [9.17, 15) is 4.79 Å². The Kier molecular flexibility index (Phi) is 4.20. The average Bonchev–Trinajstić information content (AvgIpc) is 2.65. The van der Waals surface area contributed by atoms with Crippen molar-refractivity contribution < 1.29 is 9.90 Å². The molecular weight excluding hydrogens is 206 g/mol. The van der Waals surface area contributed by atoms with Crippen LogP contribution in [0.3, 0.4) is 0 Å². The molecule has 5 heteroatoms. The van der Waals surface area contributed by atoms with Gasteiger partial charge in [0, 0.05) is 18.1 Å². The van der Waals surface area contributed by atoms with Gasteiger partial charge in [-0.2, -0.15) is 5.10 Å². The van der Waals surface area contributed by atoms with Crippen LogP contribution in [0.15, 0.2) is 30.6 Å². The Bertz CT molecular complexity index is 435. The second kappa shape index (κ2) is 5.65. The van der Waals surface area contributed by atoms with Gasteiger partial charge in [-0.3, -0.25) is 10.1 Å². The fourth-order valence-electron chi connectivity index (χ4n) is 1.04. The lowest BCUT2D eigenvalue weighted by atomic mass is 10.3. The standard InChI is InChI=1S/C6H5NO2.C5H8N2/c8-6(9)5-2-1-3-7-4-5;1-4-3-5(2)7-6-4/h1-4H,(H,8,9);3H,1-2H3,(H,6,7). The van der Waals surface area contributed by atoms with E-state index in [0.29, 0.717) is 0 Å². The Labute approximate surface area is 93.2 Å². The molecule has 0 saturated carbocycles. The van der Waals surface area contributed by atoms with Crippen LogP contribution in [0.4, 0.5) is 0 Å². The molecule has 0 bridgehead atoms. The molecule has 0 unspecified atom stereocenters. The van der Waals surface area contributed by atoms with Crippen molar-refractivity contribution in [3.8, 4) is 0 Å². The number of aromatic nitrogens is 3. The Morgan fingerprint density at radius 1 is 1.44 bits per heavy atom. The fraction of sp³-hybridized carbons (Fsp3) is 0.182. The summed E-state index contributed by atoms with van der Waals surface area (Å²) in [5, 5.41) is 15.1. The van der Waals surface area contributed by atoms with Gasteiger partial charge in [-0.15, -0.1) is 0 Å². The Balaban J connectivity index is 0.000000165. The number of carboxylic acid groups (broad SMARTS) is 1. The third-order valence-electron chi connectivity index (χ3n) is 1.74. The summed E-state index contributed by atoms with van der Waals surface area (Å²) in [6.07, 6.45) is 2.84. The molecule has 0 aliphatic heterocycles. The van der Waals surface area contributed by atoms with Gasteiger partial charge in [0.15, 0.2) is 0 Å². The zero-order valence-corrected chi connectivity index (χ0v) is 9.14. The van der Waals surface area contributed by atoms with E-state index in [-0.39, 0.29) is 5.56 Å². The number of nitrogens with zero attached hydrogens (tertiary/aromatic N) is 2. The lowest BCUT2D eigenvalue weighted by Crippen LogP contribution is -1.94. The summed E-state index contributed by atoms with van der Waals surface area (Å²) in [5.74, 6) is -0.942. The molecule has 0 aromatic carbocycles. The van der Waals surface area contributed by atoms with Crippen LogP contribution in [0.5, 0.6) is 0 Å². The molecule has 0 atom stereocenters. The maximum atomic E-state index is 10.2. The Hall–Kier alpha value is -2.17. The number of pyridine rings is 1. The van der Waals surface area contributed by atoms with Crippen LogP contribution in [0, 0.1) is 13.8 Å². The molecule has 5 nitrogen and oxygen atoms in total. The van der Waals surface area contributed by atoms with Gasteiger partial charge >= 0.3 is 5.97 Å². The zero-order valence-electron chi connectivity index (χ0n) is 9.14. The van der Waals surface area contributed by atoms with Gasteiger partial charge < -0.3 is 5.11 Å². The molecule has 2 heterocycles. The van der Waals surface area contributed by atoms with Crippen LogP contribution < -0.4 is 0 Å². The maximum Gasteiger partial charge on any atom is 0.337 e. The summed E-state index contributed by atoms with van der Waals surface area (Å²) in [5.41, 5.74) is 2.40. The number of aromatic carboxylic acids is 1. The molecule has 2 aromatic rings. The highest BCUT2D eigenvalue weighted by Crippen LogP contribution is 1.93. The number of hydrogen-bond acceptors (Lipinski definition) is 3. The summed E-state index contributed by atoms with van der Waals surface area (Å²) in [7, 11) is 0. The molecule has 0 radical (unpaired) electrons. The second-order valence-electron chi connectivity index (χ2n) is 3.24. The van der Waals surface area contributed by atoms with Crippen molar-refractivity contribution in [3.63, 3.8) is 0 Å². The smallest absolute Gasteiger partial charge is 0.337 e. The van der Waals surface area contributed by atoms with Crippen molar-refractivity contribution in [2.24, 2.45) is 0 Å². The number of carbonyl (C=O) groups is 1. The number of aryl methyl sites for hydroxylation is 2. The van der Waals surface area contributed by atoms with Gasteiger partial charge in [0.1, 0.15) is 0 Å². The molecule has 2 aromatic heterocycles. The van der Waals surface area contributed by atoms with E-state index in [1.165, 1.54) is 18.5 Å². The molecular formula is C11H13N3O2. The SMILES string of the molecule is Cc1cc(C)[nH]n1.O=C(O)c1cccnc1. The third kappa shape index (κ3) is 3.91. The van der Waals surface area contributed by atoms with E-state index < -0.39 is 5.97 Å². The van der Waals surface area contributed by atoms with Crippen LogP contribution in [0.1, 0.15) is 21.7 Å². The summed E-state index contributed by atoms with van der Waals surface area (Å²) in [6, 6.07) is 5.08. The van der Waals surface area contributed by atoms with Gasteiger partial charge in [0.05, 0.1) is 11.3 Å². The molecule has 0 spiro atoms. The number of H-pyrrole nitrogens is 1. The van der Waals surface area contributed by atoms with Gasteiger partial charge in [-0.25, -0.2) is 4.79 Å². The molecule has 0 aliphatic carbocycles. The third-order valence-corrected chi connectivity index (χ3v) is 1.74. The maximum absolute atomic E-state index is 10.2. The Morgan fingerprint density at radius 3 is 2.44 bits per heavy atom. The first kappa shape index (κ1) is 11.9. The van der Waals surface area contributed by atoms with Crippen molar-refractivity contribution in [3.05, 3.63) is 47.5 Å². The first-order chi connectivity index (χ1) is 7.59. The van der Waals surface area contributed by atoms with E-state index >= 15 is 0 Å². The van der Waals surface area contributed by atoms with Gasteiger partial charge in [0.25, 0.3) is 0 Å². The fourth-order valence-corrected chi connectivity index (χ4v) is 1.04. The van der Waals surface area contributed by atoms with E-state index in [2.05, 4.69) is 15.2 Å².